The highest BCUT2D eigenvalue weighted by atomic mass is 16.2. The standard InChI is InChI=1S/C26H33N3O2/c1-27-16-18-29(19-17-27)26(31)23-12-14-28(15-13-23)20-24(30)25(21-8-4-2-5-9-21)22-10-6-3-7-11-22/h2-11,23,25H,12-20H2,1H3. The molecule has 2 saturated heterocycles. The number of hydrogen-bond donors (Lipinski definition) is 0. The number of piperazine rings is 1. The SMILES string of the molecule is CN1CCN(C(=O)C2CCN(CC(=O)C(c3ccccc3)c3ccccc3)CC2)CC1. The minimum Gasteiger partial charge on any atom is -0.340 e. The Bertz CT molecular complexity index is 815. The maximum absolute atomic E-state index is 13.4. The van der Waals surface area contributed by atoms with Crippen molar-refractivity contribution in [1.82, 2.24) is 14.7 Å². The molecule has 5 heteroatoms. The molecule has 0 aliphatic carbocycles. The van der Waals surface area contributed by atoms with Crippen LogP contribution in [0.5, 0.6) is 0 Å². The molecule has 0 atom stereocenters. The van der Waals surface area contributed by atoms with E-state index in [1.807, 2.05) is 65.6 Å². The van der Waals surface area contributed by atoms with Crippen molar-refractivity contribution in [2.75, 3.05) is 52.9 Å². The second-order valence-corrected chi connectivity index (χ2v) is 8.90. The summed E-state index contributed by atoms with van der Waals surface area (Å²) in [6, 6.07) is 20.1. The fourth-order valence-electron chi connectivity index (χ4n) is 4.79. The van der Waals surface area contributed by atoms with Crippen LogP contribution in [0, 0.1) is 5.92 Å². The Kier molecular flexibility index (Phi) is 7.15. The Morgan fingerprint density at radius 3 is 1.84 bits per heavy atom. The van der Waals surface area contributed by atoms with Crippen LogP contribution >= 0.6 is 0 Å². The summed E-state index contributed by atoms with van der Waals surface area (Å²) in [4.78, 5) is 32.8. The first-order valence-corrected chi connectivity index (χ1v) is 11.4. The van der Waals surface area contributed by atoms with Gasteiger partial charge >= 0.3 is 0 Å². The van der Waals surface area contributed by atoms with Crippen LogP contribution in [0.1, 0.15) is 29.9 Å². The van der Waals surface area contributed by atoms with Gasteiger partial charge in [-0.3, -0.25) is 14.5 Å². The van der Waals surface area contributed by atoms with Crippen LogP contribution in [0.25, 0.3) is 0 Å². The predicted octanol–water partition coefficient (Wildman–Crippen LogP) is 2.87. The molecule has 31 heavy (non-hydrogen) atoms. The zero-order valence-corrected chi connectivity index (χ0v) is 18.5. The predicted molar refractivity (Wildman–Crippen MR) is 123 cm³/mol. The zero-order valence-electron chi connectivity index (χ0n) is 18.5. The Morgan fingerprint density at radius 2 is 1.32 bits per heavy atom. The number of carbonyl (C=O) groups excluding carboxylic acids is 2. The highest BCUT2D eigenvalue weighted by Crippen LogP contribution is 2.27. The lowest BCUT2D eigenvalue weighted by atomic mass is 9.87. The molecule has 5 nitrogen and oxygen atoms in total. The van der Waals surface area contributed by atoms with E-state index in [9.17, 15) is 9.59 Å². The van der Waals surface area contributed by atoms with Gasteiger partial charge in [0.1, 0.15) is 0 Å². The summed E-state index contributed by atoms with van der Waals surface area (Å²) in [5.74, 6) is 0.396. The third-order valence-electron chi connectivity index (χ3n) is 6.72. The monoisotopic (exact) mass is 419 g/mol. The van der Waals surface area contributed by atoms with Gasteiger partial charge in [0.05, 0.1) is 12.5 Å². The van der Waals surface area contributed by atoms with Gasteiger partial charge in [-0.2, -0.15) is 0 Å². The first-order chi connectivity index (χ1) is 15.1. The van der Waals surface area contributed by atoms with E-state index in [1.165, 1.54) is 0 Å². The van der Waals surface area contributed by atoms with Crippen LogP contribution in [-0.4, -0.2) is 79.3 Å². The molecular weight excluding hydrogens is 386 g/mol. The molecule has 164 valence electrons. The first kappa shape index (κ1) is 21.7. The third kappa shape index (κ3) is 5.41. The second-order valence-electron chi connectivity index (χ2n) is 8.90. The summed E-state index contributed by atoms with van der Waals surface area (Å²) in [6.45, 7) is 5.65. The van der Waals surface area contributed by atoms with E-state index >= 15 is 0 Å². The fourth-order valence-corrected chi connectivity index (χ4v) is 4.79. The van der Waals surface area contributed by atoms with Gasteiger partial charge < -0.3 is 9.80 Å². The van der Waals surface area contributed by atoms with Crippen LogP contribution in [0.2, 0.25) is 0 Å². The van der Waals surface area contributed by atoms with Gasteiger partial charge in [-0.1, -0.05) is 60.7 Å². The lowest BCUT2D eigenvalue weighted by Crippen LogP contribution is -2.50. The number of nitrogens with zero attached hydrogens (tertiary/aromatic N) is 3. The van der Waals surface area contributed by atoms with Gasteiger partial charge in [0.2, 0.25) is 5.91 Å². The summed E-state index contributed by atoms with van der Waals surface area (Å²) in [5.41, 5.74) is 2.08. The number of Topliss-reactive ketones (excluding diaryl/α,β-unsaturated/α-hetero) is 1. The van der Waals surface area contributed by atoms with Gasteiger partial charge in [0.15, 0.2) is 5.78 Å². The quantitative estimate of drug-likeness (QED) is 0.722. The van der Waals surface area contributed by atoms with Crippen molar-refractivity contribution in [3.05, 3.63) is 71.8 Å². The minimum atomic E-state index is -0.243. The first-order valence-electron chi connectivity index (χ1n) is 11.4. The minimum absolute atomic E-state index is 0.105. The molecule has 2 fully saturated rings. The molecule has 1 amide bonds. The Morgan fingerprint density at radius 1 is 0.806 bits per heavy atom. The summed E-state index contributed by atoms with van der Waals surface area (Å²) < 4.78 is 0. The lowest BCUT2D eigenvalue weighted by Gasteiger charge is -2.37. The van der Waals surface area contributed by atoms with Gasteiger partial charge in [-0.15, -0.1) is 0 Å². The van der Waals surface area contributed by atoms with Crippen molar-refractivity contribution in [2.45, 2.75) is 18.8 Å². The van der Waals surface area contributed by atoms with E-state index in [0.29, 0.717) is 12.5 Å². The van der Waals surface area contributed by atoms with Crippen LogP contribution in [-0.2, 0) is 9.59 Å². The topological polar surface area (TPSA) is 43.9 Å². The molecule has 0 aromatic heterocycles. The average molecular weight is 420 g/mol. The molecule has 4 rings (SSSR count). The molecule has 0 radical (unpaired) electrons. The van der Waals surface area contributed by atoms with Crippen LogP contribution in [0.15, 0.2) is 60.7 Å². The molecule has 2 heterocycles. The molecule has 2 aliphatic rings. The number of piperidine rings is 1. The smallest absolute Gasteiger partial charge is 0.225 e. The zero-order chi connectivity index (χ0) is 21.6. The van der Waals surface area contributed by atoms with E-state index in [2.05, 4.69) is 16.8 Å². The average Bonchev–Trinajstić information content (AvgIpc) is 2.81. The molecular formula is C26H33N3O2. The van der Waals surface area contributed by atoms with E-state index in [4.69, 9.17) is 0 Å². The van der Waals surface area contributed by atoms with Crippen LogP contribution in [0.3, 0.4) is 0 Å². The largest absolute Gasteiger partial charge is 0.340 e. The molecule has 2 aromatic carbocycles. The number of benzene rings is 2. The highest BCUT2D eigenvalue weighted by molar-refractivity contribution is 5.90. The summed E-state index contributed by atoms with van der Waals surface area (Å²) >= 11 is 0. The van der Waals surface area contributed by atoms with Crippen molar-refractivity contribution in [3.63, 3.8) is 0 Å². The second kappa shape index (κ2) is 10.2. The number of hydrogen-bond acceptors (Lipinski definition) is 4. The highest BCUT2D eigenvalue weighted by Gasteiger charge is 2.31. The van der Waals surface area contributed by atoms with E-state index < -0.39 is 0 Å². The maximum Gasteiger partial charge on any atom is 0.225 e. The number of likely N-dealkylation sites (N-methyl/N-ethyl adjacent to an activating group) is 1. The Hall–Kier alpha value is -2.50. The number of rotatable bonds is 6. The Labute approximate surface area is 185 Å². The maximum atomic E-state index is 13.4. The van der Waals surface area contributed by atoms with E-state index in [1.54, 1.807) is 0 Å². The number of amides is 1. The summed E-state index contributed by atoms with van der Waals surface area (Å²) in [6.07, 6.45) is 1.69. The summed E-state index contributed by atoms with van der Waals surface area (Å²) in [5, 5.41) is 0. The molecule has 0 N–H and O–H groups in total. The van der Waals surface area contributed by atoms with E-state index in [-0.39, 0.29) is 17.6 Å². The molecule has 0 saturated carbocycles. The lowest BCUT2D eigenvalue weighted by molar-refractivity contribution is -0.138. The van der Waals surface area contributed by atoms with Crippen molar-refractivity contribution in [1.29, 1.82) is 0 Å². The van der Waals surface area contributed by atoms with Crippen molar-refractivity contribution >= 4 is 11.7 Å². The van der Waals surface area contributed by atoms with Gasteiger partial charge in [0, 0.05) is 32.1 Å². The number of likely N-dealkylation sites (tertiary alicyclic amines) is 1. The number of carbonyl (C=O) groups is 2. The fraction of sp³-hybridized carbons (Fsp3) is 0.462. The Balaban J connectivity index is 1.36. The van der Waals surface area contributed by atoms with E-state index in [0.717, 1.165) is 63.2 Å². The van der Waals surface area contributed by atoms with Crippen LogP contribution < -0.4 is 0 Å². The summed E-state index contributed by atoms with van der Waals surface area (Å²) in [7, 11) is 2.11. The van der Waals surface area contributed by atoms with Gasteiger partial charge in [-0.05, 0) is 44.1 Å². The van der Waals surface area contributed by atoms with Gasteiger partial charge in [-0.25, -0.2) is 0 Å². The normalized spacial score (nSPS) is 19.0. The molecule has 0 unspecified atom stereocenters. The third-order valence-corrected chi connectivity index (χ3v) is 6.72. The van der Waals surface area contributed by atoms with Crippen molar-refractivity contribution in [2.24, 2.45) is 5.92 Å². The molecule has 2 aromatic rings. The molecule has 0 spiro atoms. The van der Waals surface area contributed by atoms with Gasteiger partial charge in [0.25, 0.3) is 0 Å². The molecule has 0 bridgehead atoms. The van der Waals surface area contributed by atoms with Crippen molar-refractivity contribution in [3.8, 4) is 0 Å². The molecule has 2 aliphatic heterocycles. The number of ketones is 1. The van der Waals surface area contributed by atoms with Crippen molar-refractivity contribution < 1.29 is 9.59 Å². The van der Waals surface area contributed by atoms with Crippen LogP contribution in [0.4, 0.5) is 0 Å².